The number of nitrogen functional groups attached to an aromatic ring is 1. The predicted molar refractivity (Wildman–Crippen MR) is 56.5 cm³/mol. The number of aromatic nitrogens is 3. The standard InChI is InChI=1S/C8H6FN5OS/c9-4-1-2-6(10)5(3-4)7(15)11-8-12-13-14-16-8/h1-3H,10H2,(H,11,12,14,15). The quantitative estimate of drug-likeness (QED) is 0.759. The van der Waals surface area contributed by atoms with E-state index in [-0.39, 0.29) is 16.4 Å². The van der Waals surface area contributed by atoms with Crippen LogP contribution in [0.4, 0.5) is 15.2 Å². The maximum atomic E-state index is 12.9. The number of halogens is 1. The van der Waals surface area contributed by atoms with E-state index in [1.165, 1.54) is 12.1 Å². The van der Waals surface area contributed by atoms with Crippen LogP contribution >= 0.6 is 11.5 Å². The van der Waals surface area contributed by atoms with Gasteiger partial charge in [-0.2, -0.15) is 0 Å². The number of carbonyl (C=O) groups is 1. The Balaban J connectivity index is 2.24. The zero-order chi connectivity index (χ0) is 11.5. The molecule has 1 heterocycles. The molecule has 1 amide bonds. The molecule has 0 saturated carbocycles. The number of carbonyl (C=O) groups excluding carboxylic acids is 1. The van der Waals surface area contributed by atoms with Crippen molar-refractivity contribution in [2.45, 2.75) is 0 Å². The Bertz CT molecular complexity index is 515. The average Bonchev–Trinajstić information content (AvgIpc) is 2.74. The molecule has 0 atom stereocenters. The van der Waals surface area contributed by atoms with Crippen LogP contribution in [0.3, 0.4) is 0 Å². The molecule has 1 aromatic heterocycles. The summed E-state index contributed by atoms with van der Waals surface area (Å²) in [5.74, 6) is -1.08. The van der Waals surface area contributed by atoms with Crippen LogP contribution in [0.1, 0.15) is 10.4 Å². The van der Waals surface area contributed by atoms with Crippen molar-refractivity contribution < 1.29 is 9.18 Å². The van der Waals surface area contributed by atoms with Crippen molar-refractivity contribution in [1.29, 1.82) is 0 Å². The van der Waals surface area contributed by atoms with E-state index in [4.69, 9.17) is 5.73 Å². The summed E-state index contributed by atoms with van der Waals surface area (Å²) in [6.07, 6.45) is 0. The molecule has 0 spiro atoms. The van der Waals surface area contributed by atoms with Crippen molar-refractivity contribution in [3.05, 3.63) is 29.6 Å². The van der Waals surface area contributed by atoms with Crippen molar-refractivity contribution in [2.75, 3.05) is 11.1 Å². The third-order valence-corrected chi connectivity index (χ3v) is 2.29. The second-order valence-electron chi connectivity index (χ2n) is 2.85. The molecule has 1 aromatic carbocycles. The maximum absolute atomic E-state index is 12.9. The minimum Gasteiger partial charge on any atom is -0.398 e. The minimum absolute atomic E-state index is 0.0511. The maximum Gasteiger partial charge on any atom is 0.259 e. The van der Waals surface area contributed by atoms with E-state index in [2.05, 4.69) is 20.1 Å². The van der Waals surface area contributed by atoms with Crippen molar-refractivity contribution in [3.63, 3.8) is 0 Å². The molecular formula is C8H6FN5OS. The van der Waals surface area contributed by atoms with Gasteiger partial charge < -0.3 is 5.73 Å². The first-order valence-electron chi connectivity index (χ1n) is 4.18. The van der Waals surface area contributed by atoms with E-state index < -0.39 is 11.7 Å². The summed E-state index contributed by atoms with van der Waals surface area (Å²) in [5.41, 5.74) is 5.79. The molecule has 16 heavy (non-hydrogen) atoms. The SMILES string of the molecule is Nc1ccc(F)cc1C(=O)Nc1nnns1. The molecular weight excluding hydrogens is 233 g/mol. The average molecular weight is 239 g/mol. The van der Waals surface area contributed by atoms with Crippen LogP contribution in [-0.4, -0.2) is 20.7 Å². The number of nitrogens with one attached hydrogen (secondary N) is 1. The minimum atomic E-state index is -0.546. The van der Waals surface area contributed by atoms with Gasteiger partial charge in [0, 0.05) is 17.2 Å². The van der Waals surface area contributed by atoms with Crippen molar-refractivity contribution >= 4 is 28.3 Å². The highest BCUT2D eigenvalue weighted by atomic mass is 32.1. The van der Waals surface area contributed by atoms with Gasteiger partial charge in [0.25, 0.3) is 5.91 Å². The number of amides is 1. The topological polar surface area (TPSA) is 93.8 Å². The third kappa shape index (κ3) is 2.11. The molecule has 8 heteroatoms. The van der Waals surface area contributed by atoms with Gasteiger partial charge in [-0.05, 0) is 23.4 Å². The van der Waals surface area contributed by atoms with Gasteiger partial charge in [-0.15, -0.1) is 0 Å². The van der Waals surface area contributed by atoms with Gasteiger partial charge in [-0.25, -0.2) is 4.39 Å². The zero-order valence-electron chi connectivity index (χ0n) is 7.85. The first-order valence-corrected chi connectivity index (χ1v) is 4.95. The van der Waals surface area contributed by atoms with Crippen LogP contribution in [-0.2, 0) is 0 Å². The molecule has 0 aliphatic heterocycles. The Morgan fingerprint density at radius 2 is 2.31 bits per heavy atom. The Morgan fingerprint density at radius 1 is 1.50 bits per heavy atom. The van der Waals surface area contributed by atoms with Gasteiger partial charge in [0.2, 0.25) is 5.13 Å². The number of anilines is 2. The Kier molecular flexibility index (Phi) is 2.73. The monoisotopic (exact) mass is 239 g/mol. The molecule has 2 aromatic rings. The Hall–Kier alpha value is -2.09. The van der Waals surface area contributed by atoms with E-state index in [1.54, 1.807) is 0 Å². The van der Waals surface area contributed by atoms with Crippen molar-refractivity contribution in [1.82, 2.24) is 14.8 Å². The Labute approximate surface area is 93.4 Å². The van der Waals surface area contributed by atoms with Crippen molar-refractivity contribution in [3.8, 4) is 0 Å². The smallest absolute Gasteiger partial charge is 0.259 e. The van der Waals surface area contributed by atoms with Crippen LogP contribution < -0.4 is 11.1 Å². The highest BCUT2D eigenvalue weighted by Crippen LogP contribution is 2.15. The molecule has 0 aliphatic carbocycles. The van der Waals surface area contributed by atoms with E-state index in [0.717, 1.165) is 17.6 Å². The fourth-order valence-corrected chi connectivity index (χ4v) is 1.43. The number of rotatable bonds is 2. The number of hydrogen-bond acceptors (Lipinski definition) is 6. The Morgan fingerprint density at radius 3 is 3.00 bits per heavy atom. The summed E-state index contributed by atoms with van der Waals surface area (Å²) in [4.78, 5) is 11.6. The van der Waals surface area contributed by atoms with E-state index in [1.807, 2.05) is 0 Å². The zero-order valence-corrected chi connectivity index (χ0v) is 8.66. The number of hydrogen-bond donors (Lipinski definition) is 2. The van der Waals surface area contributed by atoms with Gasteiger partial charge in [0.05, 0.1) is 5.56 Å². The highest BCUT2D eigenvalue weighted by Gasteiger charge is 2.12. The molecule has 0 aliphatic rings. The lowest BCUT2D eigenvalue weighted by atomic mass is 10.1. The van der Waals surface area contributed by atoms with Gasteiger partial charge in [-0.3, -0.25) is 10.1 Å². The first-order chi connectivity index (χ1) is 7.66. The summed E-state index contributed by atoms with van der Waals surface area (Å²) in [5, 5.41) is 9.47. The number of nitrogens with zero attached hydrogens (tertiary/aromatic N) is 3. The van der Waals surface area contributed by atoms with E-state index in [9.17, 15) is 9.18 Å². The molecule has 3 N–H and O–H groups in total. The van der Waals surface area contributed by atoms with Crippen LogP contribution in [0, 0.1) is 5.82 Å². The first kappa shape index (κ1) is 10.4. The van der Waals surface area contributed by atoms with Crippen LogP contribution in [0.25, 0.3) is 0 Å². The fourth-order valence-electron chi connectivity index (χ4n) is 1.07. The van der Waals surface area contributed by atoms with Crippen LogP contribution in [0.2, 0.25) is 0 Å². The summed E-state index contributed by atoms with van der Waals surface area (Å²) in [6, 6.07) is 3.56. The summed E-state index contributed by atoms with van der Waals surface area (Å²) >= 11 is 0.917. The molecule has 0 fully saturated rings. The predicted octanol–water partition coefficient (Wildman–Crippen LogP) is 0.907. The molecule has 0 unspecified atom stereocenters. The lowest BCUT2D eigenvalue weighted by Crippen LogP contribution is -2.14. The molecule has 6 nitrogen and oxygen atoms in total. The fraction of sp³-hybridized carbons (Fsp3) is 0. The van der Waals surface area contributed by atoms with Gasteiger partial charge in [-0.1, -0.05) is 9.59 Å². The molecule has 0 radical (unpaired) electrons. The van der Waals surface area contributed by atoms with E-state index >= 15 is 0 Å². The second kappa shape index (κ2) is 4.19. The van der Waals surface area contributed by atoms with Gasteiger partial charge in [0.1, 0.15) is 5.82 Å². The normalized spacial score (nSPS) is 10.1. The number of nitrogens with two attached hydrogens (primary N) is 1. The summed E-state index contributed by atoms with van der Waals surface area (Å²) in [6.45, 7) is 0. The molecule has 82 valence electrons. The molecule has 2 rings (SSSR count). The van der Waals surface area contributed by atoms with Gasteiger partial charge in [0.15, 0.2) is 0 Å². The third-order valence-electron chi connectivity index (χ3n) is 1.78. The lowest BCUT2D eigenvalue weighted by molar-refractivity contribution is 0.102. The van der Waals surface area contributed by atoms with Crippen LogP contribution in [0.15, 0.2) is 18.2 Å². The molecule has 0 bridgehead atoms. The summed E-state index contributed by atoms with van der Waals surface area (Å²) < 4.78 is 16.4. The van der Waals surface area contributed by atoms with Crippen LogP contribution in [0.5, 0.6) is 0 Å². The summed E-state index contributed by atoms with van der Waals surface area (Å²) in [7, 11) is 0. The second-order valence-corrected chi connectivity index (χ2v) is 3.59. The largest absolute Gasteiger partial charge is 0.398 e. The lowest BCUT2D eigenvalue weighted by Gasteiger charge is -2.04. The highest BCUT2D eigenvalue weighted by molar-refractivity contribution is 7.09. The van der Waals surface area contributed by atoms with Gasteiger partial charge >= 0.3 is 0 Å². The molecule has 0 saturated heterocycles. The van der Waals surface area contributed by atoms with E-state index in [0.29, 0.717) is 0 Å². The van der Waals surface area contributed by atoms with Crippen molar-refractivity contribution in [2.24, 2.45) is 0 Å². The number of benzene rings is 1.